The molecule has 1 atom stereocenters. The fraction of sp³-hybridized carbons (Fsp3) is 0.536. The van der Waals surface area contributed by atoms with Gasteiger partial charge in [-0.2, -0.15) is 0 Å². The third-order valence-electron chi connectivity index (χ3n) is 7.50. The van der Waals surface area contributed by atoms with Crippen molar-refractivity contribution in [3.8, 4) is 5.75 Å². The summed E-state index contributed by atoms with van der Waals surface area (Å²) in [4.78, 5) is 23.4. The Hall–Kier alpha value is -3.11. The standard InChI is InChI=1S/C28H37BN4O5/c1-18(21-11-9-10-12-30-21)35-23-14-19(29-37-27(5,6)28(7,8)38-29)13-22-24(23)33(17-31-22)20-15-32(16-20)25(34)36-26(2,3)4/h9-14,17-18,20H,15-16H2,1-8H3/t18-/m1/s1. The third kappa shape index (κ3) is 4.99. The molecule has 0 radical (unpaired) electrons. The summed E-state index contributed by atoms with van der Waals surface area (Å²) < 4.78 is 26.8. The number of pyridine rings is 1. The van der Waals surface area contributed by atoms with Crippen LogP contribution >= 0.6 is 0 Å². The second-order valence-corrected chi connectivity index (χ2v) is 12.2. The number of nitrogens with zero attached hydrogens (tertiary/aromatic N) is 4. The number of carbonyl (C=O) groups excluding carboxylic acids is 1. The summed E-state index contributed by atoms with van der Waals surface area (Å²) in [7, 11) is -0.548. The molecule has 0 aliphatic carbocycles. The Labute approximate surface area is 224 Å². The van der Waals surface area contributed by atoms with Gasteiger partial charge in [-0.1, -0.05) is 6.07 Å². The number of aromatic nitrogens is 3. The minimum absolute atomic E-state index is 0.0581. The molecule has 4 heterocycles. The molecule has 9 nitrogen and oxygen atoms in total. The van der Waals surface area contributed by atoms with E-state index in [0.717, 1.165) is 22.2 Å². The number of fused-ring (bicyclic) bond motifs is 1. The Morgan fingerprint density at radius 2 is 1.79 bits per heavy atom. The van der Waals surface area contributed by atoms with Crippen molar-refractivity contribution < 1.29 is 23.6 Å². The Balaban J connectivity index is 1.47. The van der Waals surface area contributed by atoms with Crippen LogP contribution in [0.15, 0.2) is 42.9 Å². The molecule has 1 amide bonds. The van der Waals surface area contributed by atoms with Crippen LogP contribution in [-0.4, -0.2) is 62.5 Å². The second-order valence-electron chi connectivity index (χ2n) is 12.2. The van der Waals surface area contributed by atoms with Crippen molar-refractivity contribution in [2.75, 3.05) is 13.1 Å². The molecule has 5 rings (SSSR count). The molecule has 2 aliphatic heterocycles. The van der Waals surface area contributed by atoms with Gasteiger partial charge in [-0.15, -0.1) is 0 Å². The number of hydrogen-bond acceptors (Lipinski definition) is 7. The highest BCUT2D eigenvalue weighted by molar-refractivity contribution is 6.62. The molecule has 0 bridgehead atoms. The van der Waals surface area contributed by atoms with Gasteiger partial charge in [-0.25, -0.2) is 9.78 Å². The Morgan fingerprint density at radius 1 is 1.11 bits per heavy atom. The average Bonchev–Trinajstić information content (AvgIpc) is 3.29. The number of carbonyl (C=O) groups is 1. The third-order valence-corrected chi connectivity index (χ3v) is 7.50. The summed E-state index contributed by atoms with van der Waals surface area (Å²) in [5.74, 6) is 0.665. The first-order valence-corrected chi connectivity index (χ1v) is 13.2. The monoisotopic (exact) mass is 520 g/mol. The van der Waals surface area contributed by atoms with E-state index >= 15 is 0 Å². The van der Waals surface area contributed by atoms with Gasteiger partial charge in [0.25, 0.3) is 0 Å². The molecule has 38 heavy (non-hydrogen) atoms. The average molecular weight is 520 g/mol. The molecule has 202 valence electrons. The summed E-state index contributed by atoms with van der Waals surface area (Å²) in [6.07, 6.45) is 2.97. The van der Waals surface area contributed by atoms with Gasteiger partial charge in [0.05, 0.1) is 34.8 Å². The summed E-state index contributed by atoms with van der Waals surface area (Å²) in [5, 5.41) is 0. The topological polar surface area (TPSA) is 87.9 Å². The molecule has 0 saturated carbocycles. The Bertz CT molecular complexity index is 1310. The van der Waals surface area contributed by atoms with E-state index in [9.17, 15) is 4.79 Å². The van der Waals surface area contributed by atoms with Crippen molar-refractivity contribution in [1.29, 1.82) is 0 Å². The van der Waals surface area contributed by atoms with Crippen LogP contribution in [0.2, 0.25) is 0 Å². The van der Waals surface area contributed by atoms with Crippen LogP contribution in [-0.2, 0) is 14.0 Å². The van der Waals surface area contributed by atoms with Gasteiger partial charge in [0.1, 0.15) is 23.0 Å². The highest BCUT2D eigenvalue weighted by Crippen LogP contribution is 2.38. The van der Waals surface area contributed by atoms with Crippen LogP contribution in [0, 0.1) is 0 Å². The van der Waals surface area contributed by atoms with E-state index in [1.54, 1.807) is 11.1 Å². The summed E-state index contributed by atoms with van der Waals surface area (Å²) >= 11 is 0. The lowest BCUT2D eigenvalue weighted by Crippen LogP contribution is -2.52. The van der Waals surface area contributed by atoms with Crippen molar-refractivity contribution in [2.24, 2.45) is 0 Å². The molecule has 0 N–H and O–H groups in total. The lowest BCUT2D eigenvalue weighted by atomic mass is 9.78. The van der Waals surface area contributed by atoms with Crippen molar-refractivity contribution in [2.45, 2.75) is 84.3 Å². The van der Waals surface area contributed by atoms with E-state index in [2.05, 4.69) is 9.55 Å². The number of likely N-dealkylation sites (tertiary alicyclic amines) is 1. The van der Waals surface area contributed by atoms with E-state index in [-0.39, 0.29) is 18.2 Å². The number of rotatable bonds is 5. The molecule has 2 aromatic heterocycles. The molecule has 3 aromatic rings. The van der Waals surface area contributed by atoms with Gasteiger partial charge in [-0.3, -0.25) is 4.98 Å². The summed E-state index contributed by atoms with van der Waals surface area (Å²) in [6, 6.07) is 9.81. The fourth-order valence-corrected chi connectivity index (χ4v) is 4.61. The molecule has 2 aliphatic rings. The summed E-state index contributed by atoms with van der Waals surface area (Å²) in [6.45, 7) is 16.8. The van der Waals surface area contributed by atoms with E-state index in [1.807, 2.05) is 92.0 Å². The highest BCUT2D eigenvalue weighted by atomic mass is 16.7. The number of hydrogen-bond donors (Lipinski definition) is 0. The van der Waals surface area contributed by atoms with E-state index in [0.29, 0.717) is 18.8 Å². The molecule has 2 saturated heterocycles. The van der Waals surface area contributed by atoms with Crippen molar-refractivity contribution in [3.63, 3.8) is 0 Å². The van der Waals surface area contributed by atoms with E-state index in [1.165, 1.54) is 0 Å². The number of benzene rings is 1. The largest absolute Gasteiger partial charge is 0.495 e. The lowest BCUT2D eigenvalue weighted by Gasteiger charge is -2.40. The van der Waals surface area contributed by atoms with Crippen LogP contribution in [0.1, 0.15) is 73.2 Å². The predicted molar refractivity (Wildman–Crippen MR) is 146 cm³/mol. The van der Waals surface area contributed by atoms with Gasteiger partial charge in [0.15, 0.2) is 0 Å². The van der Waals surface area contributed by atoms with Crippen LogP contribution in [0.25, 0.3) is 11.0 Å². The van der Waals surface area contributed by atoms with E-state index in [4.69, 9.17) is 23.8 Å². The summed E-state index contributed by atoms with van der Waals surface area (Å²) in [5.41, 5.74) is 1.84. The van der Waals surface area contributed by atoms with Crippen LogP contribution in [0.4, 0.5) is 4.79 Å². The Kier molecular flexibility index (Phi) is 6.47. The molecule has 2 fully saturated rings. The maximum absolute atomic E-state index is 12.5. The minimum atomic E-state index is -0.548. The molecule has 1 aromatic carbocycles. The number of imidazole rings is 1. The van der Waals surface area contributed by atoms with Gasteiger partial charge in [-0.05, 0) is 85.1 Å². The predicted octanol–water partition coefficient (Wildman–Crippen LogP) is 4.66. The lowest BCUT2D eigenvalue weighted by molar-refractivity contribution is 0.00147. The maximum Gasteiger partial charge on any atom is 0.495 e. The first-order chi connectivity index (χ1) is 17.7. The molecular formula is C28H37BN4O5. The maximum atomic E-state index is 12.5. The van der Waals surface area contributed by atoms with Crippen LogP contribution < -0.4 is 10.2 Å². The van der Waals surface area contributed by atoms with Crippen molar-refractivity contribution in [1.82, 2.24) is 19.4 Å². The zero-order valence-corrected chi connectivity index (χ0v) is 23.5. The van der Waals surface area contributed by atoms with Gasteiger partial charge < -0.3 is 28.2 Å². The normalized spacial score (nSPS) is 19.9. The van der Waals surface area contributed by atoms with Gasteiger partial charge in [0, 0.05) is 19.3 Å². The highest BCUT2D eigenvalue weighted by Gasteiger charge is 2.52. The smallest absolute Gasteiger partial charge is 0.482 e. The first kappa shape index (κ1) is 26.5. The minimum Gasteiger partial charge on any atom is -0.482 e. The van der Waals surface area contributed by atoms with Crippen molar-refractivity contribution in [3.05, 3.63) is 48.5 Å². The van der Waals surface area contributed by atoms with Gasteiger partial charge >= 0.3 is 13.2 Å². The zero-order chi connectivity index (χ0) is 27.5. The molecule has 0 unspecified atom stereocenters. The molecule has 10 heteroatoms. The first-order valence-electron chi connectivity index (χ1n) is 13.2. The molecular weight excluding hydrogens is 483 g/mol. The number of amides is 1. The van der Waals surface area contributed by atoms with Crippen LogP contribution in [0.5, 0.6) is 5.75 Å². The fourth-order valence-electron chi connectivity index (χ4n) is 4.61. The second kappa shape index (κ2) is 9.27. The van der Waals surface area contributed by atoms with Crippen LogP contribution in [0.3, 0.4) is 0 Å². The van der Waals surface area contributed by atoms with Crippen molar-refractivity contribution >= 4 is 29.7 Å². The quantitative estimate of drug-likeness (QED) is 0.452. The zero-order valence-electron chi connectivity index (χ0n) is 23.5. The molecule has 0 spiro atoms. The van der Waals surface area contributed by atoms with Gasteiger partial charge in [0.2, 0.25) is 0 Å². The number of ether oxygens (including phenoxy) is 2. The van der Waals surface area contributed by atoms with E-state index < -0.39 is 23.9 Å². The SMILES string of the molecule is C[C@@H](Oc1cc(B2OC(C)(C)C(C)(C)O2)cc2ncn(C3CN(C(=O)OC(C)(C)C)C3)c12)c1ccccn1. The Morgan fingerprint density at radius 3 is 2.39 bits per heavy atom.